The summed E-state index contributed by atoms with van der Waals surface area (Å²) in [5.41, 5.74) is 0.433. The number of methoxy groups -OCH3 is 1. The van der Waals surface area contributed by atoms with Crippen LogP contribution in [0.15, 0.2) is 52.7 Å². The summed E-state index contributed by atoms with van der Waals surface area (Å²) in [5.74, 6) is -0.605. The van der Waals surface area contributed by atoms with Crippen LogP contribution in [0.25, 0.3) is 5.76 Å². The lowest BCUT2D eigenvalue weighted by Crippen LogP contribution is -3.14. The molecular weight excluding hydrogens is 388 g/mol. The van der Waals surface area contributed by atoms with Crippen LogP contribution in [-0.4, -0.2) is 68.2 Å². The number of nitrogens with one attached hydrogen (secondary N) is 1. The highest BCUT2D eigenvalue weighted by atomic mass is 16.5. The molecule has 8 heteroatoms. The monoisotopic (exact) mass is 413 g/mol. The van der Waals surface area contributed by atoms with Crippen LogP contribution in [0.1, 0.15) is 17.4 Å². The number of amides is 1. The van der Waals surface area contributed by atoms with E-state index in [0.717, 1.165) is 13.1 Å². The standard InChI is InChI=1S/C22H24N2O6/c1-28-16-5-2-4-15(14-16)20(25)18-19(17-6-3-11-30-17)24(22(27)21(18)26)8-7-23-9-12-29-13-10-23/h2-6,11,14,19,25H,7-10,12-13H2,1H3/p+1/t19-/m1/s1. The summed E-state index contributed by atoms with van der Waals surface area (Å²) in [4.78, 5) is 28.6. The van der Waals surface area contributed by atoms with Gasteiger partial charge in [0.2, 0.25) is 0 Å². The Labute approximate surface area is 174 Å². The first-order valence-electron chi connectivity index (χ1n) is 9.97. The second-order valence-electron chi connectivity index (χ2n) is 7.35. The lowest BCUT2D eigenvalue weighted by Gasteiger charge is -2.28. The van der Waals surface area contributed by atoms with Crippen LogP contribution < -0.4 is 9.64 Å². The van der Waals surface area contributed by atoms with Crippen molar-refractivity contribution in [1.29, 1.82) is 0 Å². The van der Waals surface area contributed by atoms with Crippen molar-refractivity contribution < 1.29 is 33.5 Å². The number of ketones is 1. The third-order valence-corrected chi connectivity index (χ3v) is 5.60. The smallest absolute Gasteiger partial charge is 0.295 e. The molecular formula is C22H25N2O6+. The molecule has 2 fully saturated rings. The van der Waals surface area contributed by atoms with E-state index in [1.54, 1.807) is 36.4 Å². The van der Waals surface area contributed by atoms with Gasteiger partial charge in [0.1, 0.15) is 36.4 Å². The highest BCUT2D eigenvalue weighted by Gasteiger charge is 2.47. The van der Waals surface area contributed by atoms with E-state index in [1.807, 2.05) is 0 Å². The number of aliphatic hydroxyl groups is 1. The van der Waals surface area contributed by atoms with Gasteiger partial charge in [-0.1, -0.05) is 12.1 Å². The molecule has 2 aliphatic rings. The van der Waals surface area contributed by atoms with Gasteiger partial charge >= 0.3 is 0 Å². The van der Waals surface area contributed by atoms with Gasteiger partial charge in [0.15, 0.2) is 0 Å². The van der Waals surface area contributed by atoms with Gasteiger partial charge in [-0.15, -0.1) is 0 Å². The average Bonchev–Trinajstić information content (AvgIpc) is 3.40. The molecule has 4 rings (SSSR count). The van der Waals surface area contributed by atoms with Crippen molar-refractivity contribution in [2.75, 3.05) is 46.5 Å². The molecule has 8 nitrogen and oxygen atoms in total. The van der Waals surface area contributed by atoms with Crippen LogP contribution in [0, 0.1) is 0 Å². The quantitative estimate of drug-likeness (QED) is 0.410. The van der Waals surface area contributed by atoms with Crippen molar-refractivity contribution in [3.8, 4) is 5.75 Å². The third-order valence-electron chi connectivity index (χ3n) is 5.60. The molecule has 0 radical (unpaired) electrons. The Hall–Kier alpha value is -3.10. The van der Waals surface area contributed by atoms with Gasteiger partial charge in [-0.2, -0.15) is 0 Å². The van der Waals surface area contributed by atoms with Crippen LogP contribution in [0.5, 0.6) is 5.75 Å². The van der Waals surface area contributed by atoms with Crippen LogP contribution in [-0.2, 0) is 14.3 Å². The maximum atomic E-state index is 12.9. The number of benzene rings is 1. The van der Waals surface area contributed by atoms with E-state index >= 15 is 0 Å². The van der Waals surface area contributed by atoms with Crippen molar-refractivity contribution in [2.24, 2.45) is 0 Å². The number of ether oxygens (including phenoxy) is 2. The number of nitrogens with zero attached hydrogens (tertiary/aromatic N) is 1. The summed E-state index contributed by atoms with van der Waals surface area (Å²) >= 11 is 0. The van der Waals surface area contributed by atoms with E-state index in [-0.39, 0.29) is 11.3 Å². The zero-order chi connectivity index (χ0) is 21.1. The number of Topliss-reactive ketones (excluding diaryl/α,β-unsaturated/α-hetero) is 1. The molecule has 30 heavy (non-hydrogen) atoms. The van der Waals surface area contributed by atoms with Crippen molar-refractivity contribution in [1.82, 2.24) is 4.90 Å². The number of carbonyl (C=O) groups is 2. The number of furan rings is 1. The normalized spacial score (nSPS) is 21.9. The van der Waals surface area contributed by atoms with Crippen LogP contribution in [0.2, 0.25) is 0 Å². The SMILES string of the molecule is COc1cccc(C(O)=C2C(=O)C(=O)N(CC[NH+]3CCOCC3)[C@@H]2c2ccco2)c1. The molecule has 0 spiro atoms. The fourth-order valence-electron chi connectivity index (χ4n) is 3.97. The van der Waals surface area contributed by atoms with Crippen molar-refractivity contribution >= 4 is 17.4 Å². The molecule has 0 bridgehead atoms. The van der Waals surface area contributed by atoms with Crippen molar-refractivity contribution in [3.05, 3.63) is 59.6 Å². The van der Waals surface area contributed by atoms with Crippen LogP contribution in [0.4, 0.5) is 0 Å². The first-order chi connectivity index (χ1) is 14.6. The van der Waals surface area contributed by atoms with Gasteiger partial charge in [0, 0.05) is 5.56 Å². The zero-order valence-corrected chi connectivity index (χ0v) is 16.8. The number of rotatable bonds is 6. The highest BCUT2D eigenvalue weighted by Crippen LogP contribution is 2.39. The van der Waals surface area contributed by atoms with E-state index in [1.165, 1.54) is 23.2 Å². The Morgan fingerprint density at radius 1 is 1.23 bits per heavy atom. The molecule has 1 amide bonds. The zero-order valence-electron chi connectivity index (χ0n) is 16.8. The second-order valence-corrected chi connectivity index (χ2v) is 7.35. The lowest BCUT2D eigenvalue weighted by molar-refractivity contribution is -0.907. The molecule has 0 unspecified atom stereocenters. The Balaban J connectivity index is 1.69. The van der Waals surface area contributed by atoms with Gasteiger partial charge in [-0.05, 0) is 24.3 Å². The lowest BCUT2D eigenvalue weighted by atomic mass is 9.99. The Bertz CT molecular complexity index is 946. The predicted molar refractivity (Wildman–Crippen MR) is 107 cm³/mol. The van der Waals surface area contributed by atoms with Gasteiger partial charge in [0.05, 0.1) is 45.2 Å². The number of aliphatic hydroxyl groups excluding tert-OH is 1. The maximum Gasteiger partial charge on any atom is 0.295 e. The maximum absolute atomic E-state index is 12.9. The van der Waals surface area contributed by atoms with Gasteiger partial charge < -0.3 is 28.8 Å². The Kier molecular flexibility index (Phi) is 5.87. The van der Waals surface area contributed by atoms with Gasteiger partial charge in [-0.25, -0.2) is 0 Å². The molecule has 0 saturated carbocycles. The molecule has 2 aromatic rings. The first-order valence-corrected chi connectivity index (χ1v) is 9.97. The summed E-state index contributed by atoms with van der Waals surface area (Å²) in [6.45, 7) is 4.16. The number of quaternary nitrogens is 1. The van der Waals surface area contributed by atoms with E-state index in [2.05, 4.69) is 0 Å². The minimum Gasteiger partial charge on any atom is -0.507 e. The summed E-state index contributed by atoms with van der Waals surface area (Å²) in [6, 6.07) is 9.39. The molecule has 2 N–H and O–H groups in total. The fraction of sp³-hybridized carbons (Fsp3) is 0.364. The Morgan fingerprint density at radius 2 is 2.03 bits per heavy atom. The van der Waals surface area contributed by atoms with Gasteiger partial charge in [-0.3, -0.25) is 9.59 Å². The summed E-state index contributed by atoms with van der Waals surface area (Å²) in [7, 11) is 1.52. The molecule has 3 heterocycles. The number of likely N-dealkylation sites (tertiary alicyclic amines) is 1. The average molecular weight is 413 g/mol. The van der Waals surface area contributed by atoms with Gasteiger partial charge in [0.25, 0.3) is 11.7 Å². The topological polar surface area (TPSA) is 93.7 Å². The van der Waals surface area contributed by atoms with Crippen LogP contribution >= 0.6 is 0 Å². The largest absolute Gasteiger partial charge is 0.507 e. The molecule has 2 aliphatic heterocycles. The van der Waals surface area contributed by atoms with Crippen LogP contribution in [0.3, 0.4) is 0 Å². The van der Waals surface area contributed by atoms with E-state index in [9.17, 15) is 14.7 Å². The molecule has 1 aromatic carbocycles. The molecule has 0 aliphatic carbocycles. The summed E-state index contributed by atoms with van der Waals surface area (Å²) in [6.07, 6.45) is 1.49. The molecule has 2 saturated heterocycles. The minimum atomic E-state index is -0.772. The Morgan fingerprint density at radius 3 is 2.73 bits per heavy atom. The van der Waals surface area contributed by atoms with E-state index in [0.29, 0.717) is 43.4 Å². The first kappa shape index (κ1) is 20.2. The number of morpholine rings is 1. The molecule has 158 valence electrons. The van der Waals surface area contributed by atoms with Crippen molar-refractivity contribution in [3.63, 3.8) is 0 Å². The number of hydrogen-bond donors (Lipinski definition) is 2. The summed E-state index contributed by atoms with van der Waals surface area (Å²) < 4.78 is 16.2. The number of hydrogen-bond acceptors (Lipinski definition) is 6. The second kappa shape index (κ2) is 8.73. The predicted octanol–water partition coefficient (Wildman–Crippen LogP) is 0.625. The summed E-state index contributed by atoms with van der Waals surface area (Å²) in [5, 5.41) is 11.0. The van der Waals surface area contributed by atoms with E-state index < -0.39 is 17.7 Å². The number of carbonyl (C=O) groups excluding carboxylic acids is 2. The third kappa shape index (κ3) is 3.83. The molecule has 1 aromatic heterocycles. The minimum absolute atomic E-state index is 0.0279. The van der Waals surface area contributed by atoms with Crippen molar-refractivity contribution in [2.45, 2.75) is 6.04 Å². The fourth-order valence-corrected chi connectivity index (χ4v) is 3.97. The highest BCUT2D eigenvalue weighted by molar-refractivity contribution is 6.46. The van der Waals surface area contributed by atoms with E-state index in [4.69, 9.17) is 13.9 Å². The molecule has 1 atom stereocenters.